The third-order valence-electron chi connectivity index (χ3n) is 3.73. The summed E-state index contributed by atoms with van der Waals surface area (Å²) in [5.41, 5.74) is 5.06. The number of para-hydroxylation sites is 2. The molecular formula is C20H17ClN2O6. The molecule has 0 unspecified atom stereocenters. The molecule has 8 nitrogen and oxygen atoms in total. The maximum atomic E-state index is 12.1. The first-order valence-corrected chi connectivity index (χ1v) is 8.96. The quantitative estimate of drug-likeness (QED) is 0.438. The zero-order valence-corrected chi connectivity index (χ0v) is 15.8. The van der Waals surface area contributed by atoms with Crippen LogP contribution < -0.4 is 20.3 Å². The van der Waals surface area contributed by atoms with Crippen LogP contribution in [-0.4, -0.2) is 37.1 Å². The molecule has 3 rings (SSSR count). The number of esters is 1. The number of carbonyl (C=O) groups is 3. The lowest BCUT2D eigenvalue weighted by molar-refractivity contribution is -0.145. The van der Waals surface area contributed by atoms with Gasteiger partial charge in [0.25, 0.3) is 11.8 Å². The van der Waals surface area contributed by atoms with Gasteiger partial charge in [-0.3, -0.25) is 20.4 Å². The smallest absolute Gasteiger partial charge is 0.331 e. The molecule has 2 amide bonds. The molecule has 0 spiro atoms. The Balaban J connectivity index is 1.38. The molecular weight excluding hydrogens is 400 g/mol. The number of halogens is 1. The van der Waals surface area contributed by atoms with E-state index in [-0.39, 0.29) is 6.61 Å². The number of ether oxygens (including phenoxy) is 3. The summed E-state index contributed by atoms with van der Waals surface area (Å²) in [5, 5.41) is 0.534. The number of carbonyl (C=O) groups excluding carboxylic acids is 3. The highest BCUT2D eigenvalue weighted by Crippen LogP contribution is 2.30. The highest BCUT2D eigenvalue weighted by Gasteiger charge is 2.27. The van der Waals surface area contributed by atoms with E-state index in [1.165, 1.54) is 12.2 Å². The van der Waals surface area contributed by atoms with Gasteiger partial charge in [-0.15, -0.1) is 0 Å². The first-order valence-electron chi connectivity index (χ1n) is 8.59. The maximum absolute atomic E-state index is 12.1. The van der Waals surface area contributed by atoms with Crippen molar-refractivity contribution in [3.05, 3.63) is 65.2 Å². The zero-order valence-electron chi connectivity index (χ0n) is 15.1. The molecule has 1 aliphatic heterocycles. The van der Waals surface area contributed by atoms with Crippen molar-refractivity contribution in [2.75, 3.05) is 13.2 Å². The Morgan fingerprint density at radius 3 is 2.69 bits per heavy atom. The summed E-state index contributed by atoms with van der Waals surface area (Å²) in [5.74, 6) is -1.05. The fourth-order valence-electron chi connectivity index (χ4n) is 2.36. The number of amides is 2. The van der Waals surface area contributed by atoms with Crippen molar-refractivity contribution in [3.63, 3.8) is 0 Å². The van der Waals surface area contributed by atoms with Crippen LogP contribution in [0.2, 0.25) is 5.02 Å². The Labute approximate surface area is 171 Å². The second kappa shape index (κ2) is 9.61. The van der Waals surface area contributed by atoms with Gasteiger partial charge in [-0.25, -0.2) is 4.79 Å². The van der Waals surface area contributed by atoms with Crippen LogP contribution in [0.1, 0.15) is 5.56 Å². The van der Waals surface area contributed by atoms with E-state index in [9.17, 15) is 14.4 Å². The van der Waals surface area contributed by atoms with Crippen molar-refractivity contribution >= 4 is 35.5 Å². The first kappa shape index (κ1) is 20.2. The van der Waals surface area contributed by atoms with Gasteiger partial charge in [-0.2, -0.15) is 0 Å². The van der Waals surface area contributed by atoms with E-state index in [2.05, 4.69) is 10.9 Å². The van der Waals surface area contributed by atoms with Crippen LogP contribution in [0.3, 0.4) is 0 Å². The minimum absolute atomic E-state index is 0.00198. The zero-order chi connectivity index (χ0) is 20.6. The lowest BCUT2D eigenvalue weighted by Crippen LogP contribution is -2.51. The molecule has 1 heterocycles. The number of rotatable bonds is 5. The molecule has 0 aromatic heterocycles. The highest BCUT2D eigenvalue weighted by molar-refractivity contribution is 6.30. The fourth-order valence-corrected chi connectivity index (χ4v) is 2.55. The van der Waals surface area contributed by atoms with Crippen molar-refractivity contribution in [1.29, 1.82) is 0 Å². The summed E-state index contributed by atoms with van der Waals surface area (Å²) in [6, 6.07) is 13.8. The largest absolute Gasteiger partial charge is 0.485 e. The summed E-state index contributed by atoms with van der Waals surface area (Å²) in [7, 11) is 0. The molecule has 150 valence electrons. The third kappa shape index (κ3) is 5.98. The molecule has 0 fully saturated rings. The first-order chi connectivity index (χ1) is 14.0. The van der Waals surface area contributed by atoms with Crippen molar-refractivity contribution in [2.24, 2.45) is 0 Å². The molecule has 2 N–H and O–H groups in total. The minimum atomic E-state index is -0.923. The van der Waals surface area contributed by atoms with E-state index in [1.54, 1.807) is 48.5 Å². The molecule has 1 aliphatic rings. The lowest BCUT2D eigenvalue weighted by Gasteiger charge is -2.25. The maximum Gasteiger partial charge on any atom is 0.331 e. The van der Waals surface area contributed by atoms with Gasteiger partial charge >= 0.3 is 5.97 Å². The second-order valence-electron chi connectivity index (χ2n) is 5.90. The highest BCUT2D eigenvalue weighted by atomic mass is 35.5. The normalized spacial score (nSPS) is 14.9. The second-order valence-corrected chi connectivity index (χ2v) is 6.33. The van der Waals surface area contributed by atoms with Crippen LogP contribution in [0.4, 0.5) is 0 Å². The third-order valence-corrected chi connectivity index (χ3v) is 3.97. The lowest BCUT2D eigenvalue weighted by atomic mass is 10.2. The van der Waals surface area contributed by atoms with E-state index in [1.807, 2.05) is 0 Å². The van der Waals surface area contributed by atoms with Gasteiger partial charge in [0.05, 0.1) is 0 Å². The number of hydrogen-bond donors (Lipinski definition) is 2. The van der Waals surface area contributed by atoms with Crippen LogP contribution in [0.5, 0.6) is 11.5 Å². The minimum Gasteiger partial charge on any atom is -0.485 e. The number of hydrogen-bond acceptors (Lipinski definition) is 6. The summed E-state index contributed by atoms with van der Waals surface area (Å²) < 4.78 is 15.7. The average molecular weight is 417 g/mol. The Morgan fingerprint density at radius 2 is 1.90 bits per heavy atom. The van der Waals surface area contributed by atoms with Crippen molar-refractivity contribution < 1.29 is 28.6 Å². The van der Waals surface area contributed by atoms with E-state index >= 15 is 0 Å². The van der Waals surface area contributed by atoms with Gasteiger partial charge < -0.3 is 14.2 Å². The standard InChI is InChI=1S/C20H17ClN2O6/c21-14-5-3-4-13(10-14)8-9-19(25)28-12-18(24)22-23-20(26)17-11-27-15-6-1-2-7-16(15)29-17/h1-10,17H,11-12H2,(H,22,24)(H,23,26)/b9-8+/t17-/m0/s1. The van der Waals surface area contributed by atoms with E-state index in [0.29, 0.717) is 22.1 Å². The van der Waals surface area contributed by atoms with Crippen molar-refractivity contribution in [2.45, 2.75) is 6.10 Å². The van der Waals surface area contributed by atoms with E-state index in [0.717, 1.165) is 0 Å². The molecule has 0 aliphatic carbocycles. The Bertz CT molecular complexity index is 946. The molecule has 1 atom stereocenters. The molecule has 2 aromatic carbocycles. The van der Waals surface area contributed by atoms with Gasteiger partial charge in [0, 0.05) is 11.1 Å². The van der Waals surface area contributed by atoms with Crippen LogP contribution in [0.25, 0.3) is 6.08 Å². The fraction of sp³-hybridized carbons (Fsp3) is 0.150. The molecule has 29 heavy (non-hydrogen) atoms. The van der Waals surface area contributed by atoms with Gasteiger partial charge in [0.1, 0.15) is 6.61 Å². The van der Waals surface area contributed by atoms with Crippen molar-refractivity contribution in [3.8, 4) is 11.5 Å². The Kier molecular flexibility index (Phi) is 6.70. The molecule has 0 saturated carbocycles. The molecule has 2 aromatic rings. The number of fused-ring (bicyclic) bond motifs is 1. The predicted molar refractivity (Wildman–Crippen MR) is 104 cm³/mol. The molecule has 0 saturated heterocycles. The Morgan fingerprint density at radius 1 is 1.10 bits per heavy atom. The van der Waals surface area contributed by atoms with Crippen LogP contribution in [-0.2, 0) is 19.1 Å². The molecule has 0 bridgehead atoms. The van der Waals surface area contributed by atoms with Crippen LogP contribution in [0, 0.1) is 0 Å². The topological polar surface area (TPSA) is 103 Å². The SMILES string of the molecule is O=C(COC(=O)/C=C/c1cccc(Cl)c1)NNC(=O)[C@@H]1COc2ccccc2O1. The van der Waals surface area contributed by atoms with Gasteiger partial charge in [0.15, 0.2) is 18.1 Å². The number of hydrazine groups is 1. The average Bonchev–Trinajstić information content (AvgIpc) is 2.74. The Hall–Kier alpha value is -3.52. The molecule has 9 heteroatoms. The van der Waals surface area contributed by atoms with E-state index in [4.69, 9.17) is 25.8 Å². The van der Waals surface area contributed by atoms with Gasteiger partial charge in [-0.1, -0.05) is 35.9 Å². The van der Waals surface area contributed by atoms with Crippen molar-refractivity contribution in [1.82, 2.24) is 10.9 Å². The number of benzene rings is 2. The number of nitrogens with one attached hydrogen (secondary N) is 2. The molecule has 0 radical (unpaired) electrons. The van der Waals surface area contributed by atoms with Gasteiger partial charge in [-0.05, 0) is 35.9 Å². The summed E-state index contributed by atoms with van der Waals surface area (Å²) in [4.78, 5) is 35.5. The van der Waals surface area contributed by atoms with Crippen LogP contribution >= 0.6 is 11.6 Å². The van der Waals surface area contributed by atoms with Gasteiger partial charge in [0.2, 0.25) is 6.10 Å². The predicted octanol–water partition coefficient (Wildman–Crippen LogP) is 1.88. The summed E-state index contributed by atoms with van der Waals surface area (Å²) >= 11 is 5.85. The van der Waals surface area contributed by atoms with E-state index < -0.39 is 30.5 Å². The summed E-state index contributed by atoms with van der Waals surface area (Å²) in [6.07, 6.45) is 1.75. The monoisotopic (exact) mass is 416 g/mol. The summed E-state index contributed by atoms with van der Waals surface area (Å²) in [6.45, 7) is -0.564. The van der Waals surface area contributed by atoms with Crippen LogP contribution in [0.15, 0.2) is 54.6 Å².